The van der Waals surface area contributed by atoms with Gasteiger partial charge in [-0.15, -0.1) is 20.2 Å². The highest BCUT2D eigenvalue weighted by molar-refractivity contribution is 5.83. The van der Waals surface area contributed by atoms with E-state index in [1.54, 1.807) is 0 Å². The second-order valence-electron chi connectivity index (χ2n) is 2.04. The molecule has 0 aliphatic heterocycles. The summed E-state index contributed by atoms with van der Waals surface area (Å²) in [4.78, 5) is 36.3. The summed E-state index contributed by atoms with van der Waals surface area (Å²) >= 11 is 0. The standard InChI is InChI=1S/C4H6O6.2HNO3/c5-1(3(7)8)2(6)4(9)10;2*2-1(3)4/h1-2,5-6H,(H,7,8)(H,9,10);2*(H,2,3,4). The van der Waals surface area contributed by atoms with Gasteiger partial charge >= 0.3 is 11.9 Å². The van der Waals surface area contributed by atoms with E-state index in [2.05, 4.69) is 0 Å². The van der Waals surface area contributed by atoms with Gasteiger partial charge in [-0.1, -0.05) is 0 Å². The summed E-state index contributed by atoms with van der Waals surface area (Å²) in [6, 6.07) is 0. The third kappa shape index (κ3) is 23.2. The van der Waals surface area contributed by atoms with Crippen LogP contribution in [0.3, 0.4) is 0 Å². The van der Waals surface area contributed by atoms with E-state index in [-0.39, 0.29) is 0 Å². The Labute approximate surface area is 96.1 Å². The van der Waals surface area contributed by atoms with Crippen molar-refractivity contribution < 1.29 is 50.6 Å². The average Bonchev–Trinajstić information content (AvgIpc) is 2.13. The molecule has 0 heterocycles. The molecule has 14 heteroatoms. The molecular weight excluding hydrogens is 268 g/mol. The highest BCUT2D eigenvalue weighted by Crippen LogP contribution is 1.92. The van der Waals surface area contributed by atoms with Gasteiger partial charge < -0.3 is 30.8 Å². The summed E-state index contributed by atoms with van der Waals surface area (Å²) in [6.07, 6.45) is -4.53. The van der Waals surface area contributed by atoms with E-state index >= 15 is 0 Å². The maximum atomic E-state index is 9.77. The lowest BCUT2D eigenvalue weighted by atomic mass is 10.2. The maximum absolute atomic E-state index is 9.77. The molecule has 6 N–H and O–H groups in total. The van der Waals surface area contributed by atoms with Crippen molar-refractivity contribution >= 4 is 11.9 Å². The highest BCUT2D eigenvalue weighted by atomic mass is 16.9. The predicted octanol–water partition coefficient (Wildman–Crippen LogP) is -2.82. The molecule has 2 atom stereocenters. The largest absolute Gasteiger partial charge is 0.479 e. The van der Waals surface area contributed by atoms with Crippen LogP contribution in [0.5, 0.6) is 0 Å². The van der Waals surface area contributed by atoms with E-state index in [0.717, 1.165) is 0 Å². The number of rotatable bonds is 3. The second kappa shape index (κ2) is 10.8. The van der Waals surface area contributed by atoms with E-state index in [4.69, 9.17) is 51.1 Å². The first-order chi connectivity index (χ1) is 7.93. The molecule has 0 aromatic rings. The maximum Gasteiger partial charge on any atom is 0.335 e. The van der Waals surface area contributed by atoms with Crippen molar-refractivity contribution in [1.29, 1.82) is 0 Å². The molecule has 14 nitrogen and oxygen atoms in total. The molecule has 18 heavy (non-hydrogen) atoms. The van der Waals surface area contributed by atoms with Gasteiger partial charge in [0, 0.05) is 0 Å². The van der Waals surface area contributed by atoms with Crippen molar-refractivity contribution in [1.82, 2.24) is 0 Å². The summed E-state index contributed by atoms with van der Waals surface area (Å²) in [5.41, 5.74) is 0. The minimum Gasteiger partial charge on any atom is -0.479 e. The highest BCUT2D eigenvalue weighted by Gasteiger charge is 2.29. The number of aliphatic carboxylic acids is 2. The Morgan fingerprint density at radius 3 is 1.00 bits per heavy atom. The fourth-order valence-corrected chi connectivity index (χ4v) is 0.270. The van der Waals surface area contributed by atoms with Gasteiger partial charge in [-0.05, 0) is 0 Å². The number of nitrogens with zero attached hydrogens (tertiary/aromatic N) is 2. The molecule has 0 aliphatic carbocycles. The van der Waals surface area contributed by atoms with Crippen LogP contribution in [-0.4, -0.2) is 65.2 Å². The van der Waals surface area contributed by atoms with Gasteiger partial charge in [0.25, 0.3) is 10.2 Å². The van der Waals surface area contributed by atoms with Crippen LogP contribution in [0.1, 0.15) is 0 Å². The molecule has 0 bridgehead atoms. The molecule has 0 saturated heterocycles. The van der Waals surface area contributed by atoms with Crippen LogP contribution in [0, 0.1) is 20.2 Å². The zero-order chi connectivity index (χ0) is 15.5. The first kappa shape index (κ1) is 20.6. The van der Waals surface area contributed by atoms with Crippen molar-refractivity contribution in [2.24, 2.45) is 0 Å². The van der Waals surface area contributed by atoms with Crippen LogP contribution in [0.2, 0.25) is 0 Å². The average molecular weight is 276 g/mol. The lowest BCUT2D eigenvalue weighted by Gasteiger charge is -2.07. The number of carbonyl (C=O) groups is 2. The van der Waals surface area contributed by atoms with Crippen molar-refractivity contribution in [2.45, 2.75) is 12.2 Å². The van der Waals surface area contributed by atoms with Crippen LogP contribution >= 0.6 is 0 Å². The van der Waals surface area contributed by atoms with E-state index < -0.39 is 34.3 Å². The summed E-state index contributed by atoms with van der Waals surface area (Å²) in [7, 11) is 0. The van der Waals surface area contributed by atoms with Crippen molar-refractivity contribution in [3.8, 4) is 0 Å². The summed E-state index contributed by atoms with van der Waals surface area (Å²) in [5, 5.41) is 59.8. The molecule has 0 spiro atoms. The normalized spacial score (nSPS) is 11.4. The minimum atomic E-state index is -2.27. The lowest BCUT2D eigenvalue weighted by Crippen LogP contribution is -2.39. The number of carboxylic acids is 2. The molecule has 0 radical (unpaired) electrons. The zero-order valence-corrected chi connectivity index (χ0v) is 8.18. The third-order valence-corrected chi connectivity index (χ3v) is 0.805. The van der Waals surface area contributed by atoms with Crippen LogP contribution < -0.4 is 0 Å². The summed E-state index contributed by atoms with van der Waals surface area (Å²) in [6.45, 7) is 0. The monoisotopic (exact) mass is 276 g/mol. The Hall–Kier alpha value is -2.74. The summed E-state index contributed by atoms with van der Waals surface area (Å²) < 4.78 is 0. The van der Waals surface area contributed by atoms with Gasteiger partial charge in [0.05, 0.1) is 0 Å². The van der Waals surface area contributed by atoms with Gasteiger partial charge in [0.2, 0.25) is 0 Å². The topological polar surface area (TPSA) is 242 Å². The quantitative estimate of drug-likeness (QED) is 0.225. The molecule has 106 valence electrons. The third-order valence-electron chi connectivity index (χ3n) is 0.805. The Kier molecular flexibility index (Phi) is 12.3. The van der Waals surface area contributed by atoms with E-state index in [0.29, 0.717) is 0 Å². The van der Waals surface area contributed by atoms with Gasteiger partial charge in [-0.3, -0.25) is 0 Å². The summed E-state index contributed by atoms with van der Waals surface area (Å²) in [5.74, 6) is -3.54. The number of hydrogen-bond donors (Lipinski definition) is 6. The van der Waals surface area contributed by atoms with Gasteiger partial charge in [0.15, 0.2) is 12.2 Å². The van der Waals surface area contributed by atoms with Crippen molar-refractivity contribution in [3.63, 3.8) is 0 Å². The SMILES string of the molecule is O=C(O)C(O)C(O)C(=O)O.O=[N+]([O-])O.O=[N+]([O-])O. The van der Waals surface area contributed by atoms with E-state index in [1.165, 1.54) is 0 Å². The Bertz CT molecular complexity index is 262. The van der Waals surface area contributed by atoms with Crippen LogP contribution in [0.25, 0.3) is 0 Å². The molecule has 0 aliphatic rings. The van der Waals surface area contributed by atoms with Crippen LogP contribution in [0.15, 0.2) is 0 Å². The smallest absolute Gasteiger partial charge is 0.335 e. The fourth-order valence-electron chi connectivity index (χ4n) is 0.270. The molecular formula is C4H8N2O12. The zero-order valence-electron chi connectivity index (χ0n) is 8.18. The molecule has 0 rings (SSSR count). The van der Waals surface area contributed by atoms with Crippen molar-refractivity contribution in [2.75, 3.05) is 0 Å². The van der Waals surface area contributed by atoms with Crippen molar-refractivity contribution in [3.05, 3.63) is 20.2 Å². The minimum absolute atomic E-state index is 1.50. The molecule has 0 saturated carbocycles. The Morgan fingerprint density at radius 1 is 0.833 bits per heavy atom. The molecule has 2 unspecified atom stereocenters. The molecule has 0 aromatic heterocycles. The van der Waals surface area contributed by atoms with Gasteiger partial charge in [-0.2, -0.15) is 0 Å². The molecule has 0 fully saturated rings. The first-order valence-corrected chi connectivity index (χ1v) is 3.41. The number of aliphatic hydroxyl groups excluding tert-OH is 2. The second-order valence-corrected chi connectivity index (χ2v) is 2.04. The molecule has 0 amide bonds. The van der Waals surface area contributed by atoms with E-state index in [1.807, 2.05) is 0 Å². The Morgan fingerprint density at radius 2 is 0.944 bits per heavy atom. The number of aliphatic hydroxyl groups is 2. The van der Waals surface area contributed by atoms with E-state index in [9.17, 15) is 9.59 Å². The van der Waals surface area contributed by atoms with Crippen LogP contribution in [0.4, 0.5) is 0 Å². The van der Waals surface area contributed by atoms with Crippen LogP contribution in [-0.2, 0) is 9.59 Å². The Balaban J connectivity index is -0.000000233. The molecule has 0 aromatic carbocycles. The van der Waals surface area contributed by atoms with Gasteiger partial charge in [-0.25, -0.2) is 9.59 Å². The van der Waals surface area contributed by atoms with Gasteiger partial charge in [0.1, 0.15) is 0 Å². The lowest BCUT2D eigenvalue weighted by molar-refractivity contribution is -0.742. The number of hydrogen-bond acceptors (Lipinski definition) is 8. The number of carboxylic acid groups (broad SMARTS) is 2. The fraction of sp³-hybridized carbons (Fsp3) is 0.500. The first-order valence-electron chi connectivity index (χ1n) is 3.41. The predicted molar refractivity (Wildman–Crippen MR) is 44.8 cm³/mol.